The molecule has 2 aromatic carbocycles. The van der Waals surface area contributed by atoms with Gasteiger partial charge in [-0.05, 0) is 106 Å². The molecule has 4 aliphatic rings. The molecule has 3 saturated heterocycles. The number of hydrogen-bond donors (Lipinski definition) is 3. The molecule has 57 heavy (non-hydrogen) atoms. The number of benzene rings is 2. The minimum Gasteiger partial charge on any atom is -0.396 e. The number of pyridine rings is 1. The van der Waals surface area contributed by atoms with Crippen LogP contribution in [0.5, 0.6) is 0 Å². The number of urea groups is 1. The van der Waals surface area contributed by atoms with Gasteiger partial charge in [0.05, 0.1) is 16.6 Å². The molecular weight excluding hydrogens is 740 g/mol. The minimum absolute atomic E-state index is 0.0239. The van der Waals surface area contributed by atoms with Gasteiger partial charge in [-0.2, -0.15) is 13.2 Å². The van der Waals surface area contributed by atoms with E-state index in [0.717, 1.165) is 113 Å². The molecule has 0 bridgehead atoms. The number of nitrogens with zero attached hydrogens (tertiary/aromatic N) is 7. The molecule has 0 atom stereocenters. The average Bonchev–Trinajstić information content (AvgIpc) is 3.58. The standard InChI is InChI=1S/C41H48F3N9O4/c42-41(43,44)30-3-1-2-29(22-30)38(56)48-39-46-34-23-33(9-10-35(34)53(39)32-7-4-27(26-54)5-8-32)51-20-18-50(19-21-51)31-12-15-49(16-13-31)25-28-6-11-36(45-24-28)52-17-14-37(55)47-40(52)57/h1-3,6,9-11,22-24,27,31-32,54H,4-5,7-8,12-21,25-26H2,(H,46,48,56)(H,47,55,57). The number of piperidine rings is 1. The molecule has 2 aromatic heterocycles. The maximum Gasteiger partial charge on any atom is 0.416 e. The van der Waals surface area contributed by atoms with Crippen LogP contribution in [0.15, 0.2) is 60.8 Å². The van der Waals surface area contributed by atoms with Crippen molar-refractivity contribution in [3.05, 3.63) is 77.5 Å². The second-order valence-corrected chi connectivity index (χ2v) is 15.7. The summed E-state index contributed by atoms with van der Waals surface area (Å²) in [5.41, 5.74) is 2.71. The van der Waals surface area contributed by atoms with E-state index in [1.807, 2.05) is 35.0 Å². The highest BCUT2D eigenvalue weighted by Gasteiger charge is 2.33. The van der Waals surface area contributed by atoms with Crippen LogP contribution in [0, 0.1) is 5.92 Å². The number of rotatable bonds is 9. The van der Waals surface area contributed by atoms with Crippen LogP contribution in [-0.4, -0.2) is 106 Å². The summed E-state index contributed by atoms with van der Waals surface area (Å²) in [6.45, 7) is 6.80. The molecule has 0 spiro atoms. The van der Waals surface area contributed by atoms with Gasteiger partial charge in [0.2, 0.25) is 11.9 Å². The number of imidazole rings is 1. The van der Waals surface area contributed by atoms with Crippen molar-refractivity contribution < 1.29 is 32.7 Å². The van der Waals surface area contributed by atoms with Gasteiger partial charge in [-0.25, -0.2) is 14.8 Å². The number of carbonyl (C=O) groups excluding carboxylic acids is 3. The Bertz CT molecular complexity index is 2090. The normalized spacial score (nSPS) is 21.9. The molecule has 1 saturated carbocycles. The fourth-order valence-corrected chi connectivity index (χ4v) is 8.84. The molecule has 8 rings (SSSR count). The smallest absolute Gasteiger partial charge is 0.396 e. The van der Waals surface area contributed by atoms with Crippen molar-refractivity contribution >= 4 is 46.3 Å². The summed E-state index contributed by atoms with van der Waals surface area (Å²) in [5.74, 6) is 0.161. The van der Waals surface area contributed by atoms with E-state index in [4.69, 9.17) is 4.98 Å². The number of anilines is 3. The summed E-state index contributed by atoms with van der Waals surface area (Å²) in [7, 11) is 0. The molecule has 302 valence electrons. The fourth-order valence-electron chi connectivity index (χ4n) is 8.84. The number of aliphatic hydroxyl groups is 1. The zero-order valence-corrected chi connectivity index (χ0v) is 31.8. The molecule has 4 fully saturated rings. The largest absolute Gasteiger partial charge is 0.416 e. The summed E-state index contributed by atoms with van der Waals surface area (Å²) < 4.78 is 42.3. The van der Waals surface area contributed by atoms with Crippen molar-refractivity contribution in [2.24, 2.45) is 5.92 Å². The third-order valence-corrected chi connectivity index (χ3v) is 12.1. The number of nitrogens with one attached hydrogen (secondary N) is 2. The van der Waals surface area contributed by atoms with Crippen molar-refractivity contribution in [3.8, 4) is 0 Å². The molecule has 0 unspecified atom stereocenters. The zero-order chi connectivity index (χ0) is 39.7. The molecule has 4 amide bonds. The van der Waals surface area contributed by atoms with E-state index in [2.05, 4.69) is 36.4 Å². The molecule has 3 aliphatic heterocycles. The van der Waals surface area contributed by atoms with E-state index in [1.54, 1.807) is 0 Å². The Morgan fingerprint density at radius 1 is 0.877 bits per heavy atom. The summed E-state index contributed by atoms with van der Waals surface area (Å²) in [6, 6.07) is 14.5. The number of alkyl halides is 3. The highest BCUT2D eigenvalue weighted by atomic mass is 19.4. The number of amides is 4. The SMILES string of the molecule is O=C1CCN(c2ccc(CN3CCC(N4CCN(c5ccc6c(c5)nc(NC(=O)c5cccc(C(F)(F)F)c5)n6C5CCC(CO)CC5)CC4)CC3)cn2)C(=O)N1. The van der Waals surface area contributed by atoms with E-state index in [0.29, 0.717) is 29.9 Å². The van der Waals surface area contributed by atoms with Crippen molar-refractivity contribution in [2.75, 3.05) is 67.5 Å². The maximum absolute atomic E-state index is 13.4. The van der Waals surface area contributed by atoms with Crippen LogP contribution in [0.1, 0.15) is 72.5 Å². The summed E-state index contributed by atoms with van der Waals surface area (Å²) in [6.07, 6.45) is 2.91. The first kappa shape index (κ1) is 38.8. The Balaban J connectivity index is 0.887. The van der Waals surface area contributed by atoms with Gasteiger partial charge in [0.25, 0.3) is 5.91 Å². The van der Waals surface area contributed by atoms with Crippen molar-refractivity contribution in [1.29, 1.82) is 0 Å². The molecule has 13 nitrogen and oxygen atoms in total. The Labute approximate surface area is 328 Å². The van der Waals surface area contributed by atoms with E-state index in [1.165, 1.54) is 17.0 Å². The lowest BCUT2D eigenvalue weighted by Gasteiger charge is -2.43. The number of aromatic nitrogens is 3. The van der Waals surface area contributed by atoms with Gasteiger partial charge >= 0.3 is 12.2 Å². The summed E-state index contributed by atoms with van der Waals surface area (Å²) in [5, 5.41) is 14.9. The highest BCUT2D eigenvalue weighted by molar-refractivity contribution is 6.05. The molecule has 3 N–H and O–H groups in total. The number of fused-ring (bicyclic) bond motifs is 1. The first-order chi connectivity index (χ1) is 27.5. The number of imide groups is 1. The molecule has 0 radical (unpaired) electrons. The second-order valence-electron chi connectivity index (χ2n) is 15.7. The summed E-state index contributed by atoms with van der Waals surface area (Å²) >= 11 is 0. The Hall–Kier alpha value is -5.06. The lowest BCUT2D eigenvalue weighted by atomic mass is 9.86. The number of piperazine rings is 1. The number of carbonyl (C=O) groups is 3. The molecular formula is C41H48F3N9O4. The van der Waals surface area contributed by atoms with Gasteiger partial charge < -0.3 is 14.6 Å². The predicted molar refractivity (Wildman–Crippen MR) is 209 cm³/mol. The topological polar surface area (TPSA) is 139 Å². The molecule has 1 aliphatic carbocycles. The van der Waals surface area contributed by atoms with Crippen LogP contribution < -0.4 is 20.4 Å². The lowest BCUT2D eigenvalue weighted by molar-refractivity contribution is -0.137. The quantitative estimate of drug-likeness (QED) is 0.196. The van der Waals surface area contributed by atoms with Gasteiger partial charge in [-0.3, -0.25) is 34.9 Å². The second kappa shape index (κ2) is 16.4. The van der Waals surface area contributed by atoms with Crippen LogP contribution >= 0.6 is 0 Å². The van der Waals surface area contributed by atoms with Crippen LogP contribution in [0.2, 0.25) is 0 Å². The first-order valence-electron chi connectivity index (χ1n) is 19.9. The molecule has 16 heteroatoms. The van der Waals surface area contributed by atoms with Gasteiger partial charge in [-0.15, -0.1) is 0 Å². The number of aliphatic hydroxyl groups excluding tert-OH is 1. The van der Waals surface area contributed by atoms with Crippen molar-refractivity contribution in [1.82, 2.24) is 29.7 Å². The van der Waals surface area contributed by atoms with E-state index in [-0.39, 0.29) is 36.5 Å². The van der Waals surface area contributed by atoms with E-state index < -0.39 is 23.7 Å². The van der Waals surface area contributed by atoms with Crippen LogP contribution in [0.3, 0.4) is 0 Å². The van der Waals surface area contributed by atoms with E-state index in [9.17, 15) is 32.7 Å². The maximum atomic E-state index is 13.4. The average molecular weight is 788 g/mol. The third-order valence-electron chi connectivity index (χ3n) is 12.1. The van der Waals surface area contributed by atoms with Gasteiger partial charge in [0.15, 0.2) is 0 Å². The highest BCUT2D eigenvalue weighted by Crippen LogP contribution is 2.38. The van der Waals surface area contributed by atoms with Crippen LogP contribution in [-0.2, 0) is 17.5 Å². The van der Waals surface area contributed by atoms with Gasteiger partial charge in [0.1, 0.15) is 5.82 Å². The monoisotopic (exact) mass is 787 g/mol. The first-order valence-corrected chi connectivity index (χ1v) is 19.9. The Morgan fingerprint density at radius 3 is 2.33 bits per heavy atom. The lowest BCUT2D eigenvalue weighted by Crippen LogP contribution is -2.53. The van der Waals surface area contributed by atoms with Crippen molar-refractivity contribution in [3.63, 3.8) is 0 Å². The molecule has 5 heterocycles. The summed E-state index contributed by atoms with van der Waals surface area (Å²) in [4.78, 5) is 55.3. The number of likely N-dealkylation sites (tertiary alicyclic amines) is 1. The predicted octanol–water partition coefficient (Wildman–Crippen LogP) is 5.66. The Morgan fingerprint density at radius 2 is 1.65 bits per heavy atom. The minimum atomic E-state index is -4.57. The fraction of sp³-hybridized carbons (Fsp3) is 0.488. The van der Waals surface area contributed by atoms with Crippen LogP contribution in [0.25, 0.3) is 11.0 Å². The molecule has 4 aromatic rings. The van der Waals surface area contributed by atoms with Gasteiger partial charge in [0, 0.05) is 81.8 Å². The zero-order valence-electron chi connectivity index (χ0n) is 31.8. The number of halogens is 3. The number of hydrogen-bond acceptors (Lipinski definition) is 9. The Kier molecular flexibility index (Phi) is 11.2. The van der Waals surface area contributed by atoms with Crippen LogP contribution in [0.4, 0.5) is 35.4 Å². The third kappa shape index (κ3) is 8.62. The van der Waals surface area contributed by atoms with Gasteiger partial charge in [-0.1, -0.05) is 12.1 Å². The van der Waals surface area contributed by atoms with Crippen molar-refractivity contribution in [2.45, 2.75) is 69.8 Å². The van der Waals surface area contributed by atoms with E-state index >= 15 is 0 Å².